The van der Waals surface area contributed by atoms with Crippen LogP contribution < -0.4 is 5.32 Å². The minimum Gasteiger partial charge on any atom is -0.303 e. The zero-order valence-corrected chi connectivity index (χ0v) is 12.2. The van der Waals surface area contributed by atoms with Crippen LogP contribution >= 0.6 is 0 Å². The Bertz CT molecular complexity index is 755. The van der Waals surface area contributed by atoms with Gasteiger partial charge in [-0.15, -0.1) is 5.10 Å². The van der Waals surface area contributed by atoms with E-state index in [-0.39, 0.29) is 17.8 Å². The van der Waals surface area contributed by atoms with E-state index in [2.05, 4.69) is 20.8 Å². The van der Waals surface area contributed by atoms with Crippen molar-refractivity contribution in [3.63, 3.8) is 0 Å². The van der Waals surface area contributed by atoms with Crippen molar-refractivity contribution in [2.45, 2.75) is 19.0 Å². The summed E-state index contributed by atoms with van der Waals surface area (Å²) in [5.41, 5.74) is 1.90. The molecule has 2 unspecified atom stereocenters. The molecule has 1 aromatic carbocycles. The molecule has 8 heteroatoms. The topological polar surface area (TPSA) is 89.8 Å². The van der Waals surface area contributed by atoms with Gasteiger partial charge < -0.3 is 5.32 Å². The molecule has 0 bridgehead atoms. The molecule has 2 heterocycles. The van der Waals surface area contributed by atoms with Gasteiger partial charge in [-0.25, -0.2) is 13.1 Å². The third-order valence-corrected chi connectivity index (χ3v) is 4.77. The second kappa shape index (κ2) is 5.38. The van der Waals surface area contributed by atoms with Crippen molar-refractivity contribution >= 4 is 9.84 Å². The molecular weight excluding hydrogens is 290 g/mol. The lowest BCUT2D eigenvalue weighted by Crippen LogP contribution is -2.32. The summed E-state index contributed by atoms with van der Waals surface area (Å²) in [4.78, 5) is 0. The second-order valence-corrected chi connectivity index (χ2v) is 6.93. The molecule has 0 saturated carbocycles. The normalized spacial score (nSPS) is 21.5. The molecule has 0 spiro atoms. The van der Waals surface area contributed by atoms with Crippen molar-refractivity contribution in [3.05, 3.63) is 47.6 Å². The summed E-state index contributed by atoms with van der Waals surface area (Å²) in [6.45, 7) is 2.00. The fraction of sp³-hybridized carbons (Fsp3) is 0.308. The summed E-state index contributed by atoms with van der Waals surface area (Å²) >= 11 is 0. The molecule has 2 aromatic rings. The van der Waals surface area contributed by atoms with E-state index < -0.39 is 9.84 Å². The monoisotopic (exact) mass is 305 g/mol. The van der Waals surface area contributed by atoms with E-state index in [1.54, 1.807) is 10.8 Å². The van der Waals surface area contributed by atoms with E-state index in [9.17, 15) is 8.42 Å². The maximum Gasteiger partial charge on any atom is 0.173 e. The van der Waals surface area contributed by atoms with Crippen molar-refractivity contribution in [2.24, 2.45) is 0 Å². The van der Waals surface area contributed by atoms with Crippen LogP contribution in [0.4, 0.5) is 0 Å². The van der Waals surface area contributed by atoms with Crippen molar-refractivity contribution in [1.29, 1.82) is 0 Å². The standard InChI is InChI=1S/C13H15N5O2S/c1-10(15-12-5-6-21(19,20)8-12)11-3-2-4-13(7-11)18-9-14-16-17-18/h2-7,9-10,12,15H,8H2,1H3. The van der Waals surface area contributed by atoms with Crippen LogP contribution in [-0.2, 0) is 9.84 Å². The van der Waals surface area contributed by atoms with Gasteiger partial charge in [0.2, 0.25) is 0 Å². The Morgan fingerprint density at radius 2 is 2.29 bits per heavy atom. The van der Waals surface area contributed by atoms with Gasteiger partial charge in [0, 0.05) is 17.5 Å². The third-order valence-electron chi connectivity index (χ3n) is 3.38. The second-order valence-electron chi connectivity index (χ2n) is 5.00. The Morgan fingerprint density at radius 1 is 1.43 bits per heavy atom. The molecular formula is C13H15N5O2S. The van der Waals surface area contributed by atoms with Crippen molar-refractivity contribution in [3.8, 4) is 5.69 Å². The van der Waals surface area contributed by atoms with Crippen LogP contribution in [0.2, 0.25) is 0 Å². The van der Waals surface area contributed by atoms with Crippen LogP contribution in [0.15, 0.2) is 42.1 Å². The Morgan fingerprint density at radius 3 is 2.95 bits per heavy atom. The molecule has 1 aliphatic heterocycles. The van der Waals surface area contributed by atoms with E-state index in [0.29, 0.717) is 0 Å². The first kappa shape index (κ1) is 13.9. The number of nitrogens with zero attached hydrogens (tertiary/aromatic N) is 4. The van der Waals surface area contributed by atoms with E-state index >= 15 is 0 Å². The third kappa shape index (κ3) is 3.17. The lowest BCUT2D eigenvalue weighted by Gasteiger charge is -2.18. The van der Waals surface area contributed by atoms with Gasteiger partial charge in [0.1, 0.15) is 6.33 Å². The molecule has 0 fully saturated rings. The maximum atomic E-state index is 11.4. The highest BCUT2D eigenvalue weighted by atomic mass is 32.2. The first-order valence-corrected chi connectivity index (χ1v) is 8.25. The first-order chi connectivity index (χ1) is 10.0. The largest absolute Gasteiger partial charge is 0.303 e. The van der Waals surface area contributed by atoms with Gasteiger partial charge >= 0.3 is 0 Å². The molecule has 21 heavy (non-hydrogen) atoms. The summed E-state index contributed by atoms with van der Waals surface area (Å²) < 4.78 is 24.4. The SMILES string of the molecule is CC(NC1C=CS(=O)(=O)C1)c1cccc(-n2cnnn2)c1. The molecule has 110 valence electrons. The Kier molecular flexibility index (Phi) is 3.56. The summed E-state index contributed by atoms with van der Waals surface area (Å²) in [5, 5.41) is 15.6. The van der Waals surface area contributed by atoms with E-state index in [1.165, 1.54) is 11.7 Å². The molecule has 3 rings (SSSR count). The molecule has 1 aliphatic rings. The number of aromatic nitrogens is 4. The molecule has 0 radical (unpaired) electrons. The van der Waals surface area contributed by atoms with Crippen LogP contribution in [0.5, 0.6) is 0 Å². The fourth-order valence-corrected chi connectivity index (χ4v) is 3.56. The number of rotatable bonds is 4. The summed E-state index contributed by atoms with van der Waals surface area (Å²) in [6, 6.07) is 7.66. The average molecular weight is 305 g/mol. The van der Waals surface area contributed by atoms with Crippen LogP contribution in [0.25, 0.3) is 5.69 Å². The highest BCUT2D eigenvalue weighted by Gasteiger charge is 2.23. The van der Waals surface area contributed by atoms with Crippen molar-refractivity contribution in [2.75, 3.05) is 5.75 Å². The number of hydrogen-bond acceptors (Lipinski definition) is 6. The minimum atomic E-state index is -3.04. The Hall–Kier alpha value is -2.06. The molecule has 7 nitrogen and oxygen atoms in total. The highest BCUT2D eigenvalue weighted by molar-refractivity contribution is 7.94. The minimum absolute atomic E-state index is 0.0179. The highest BCUT2D eigenvalue weighted by Crippen LogP contribution is 2.18. The summed E-state index contributed by atoms with van der Waals surface area (Å²) in [6.07, 6.45) is 3.22. The Labute approximate surface area is 122 Å². The summed E-state index contributed by atoms with van der Waals surface area (Å²) in [5.74, 6) is 0.115. The van der Waals surface area contributed by atoms with Crippen molar-refractivity contribution < 1.29 is 8.42 Å². The van der Waals surface area contributed by atoms with E-state index in [4.69, 9.17) is 0 Å². The molecule has 0 saturated heterocycles. The quantitative estimate of drug-likeness (QED) is 0.891. The fourth-order valence-electron chi connectivity index (χ4n) is 2.31. The predicted octanol–water partition coefficient (Wildman–Crippen LogP) is 0.624. The summed E-state index contributed by atoms with van der Waals surface area (Å²) in [7, 11) is -3.04. The lowest BCUT2D eigenvalue weighted by atomic mass is 10.1. The van der Waals surface area contributed by atoms with E-state index in [1.807, 2.05) is 31.2 Å². The number of sulfone groups is 1. The molecule has 0 amide bonds. The zero-order chi connectivity index (χ0) is 14.9. The van der Waals surface area contributed by atoms with Crippen LogP contribution in [0.3, 0.4) is 0 Å². The average Bonchev–Trinajstić information content (AvgIpc) is 3.09. The smallest absolute Gasteiger partial charge is 0.173 e. The maximum absolute atomic E-state index is 11.4. The predicted molar refractivity (Wildman–Crippen MR) is 77.4 cm³/mol. The van der Waals surface area contributed by atoms with Gasteiger partial charge in [0.05, 0.1) is 11.4 Å². The molecule has 1 aromatic heterocycles. The first-order valence-electron chi connectivity index (χ1n) is 6.54. The van der Waals surface area contributed by atoms with Crippen LogP contribution in [0.1, 0.15) is 18.5 Å². The molecule has 2 atom stereocenters. The van der Waals surface area contributed by atoms with Gasteiger partial charge in [-0.2, -0.15) is 0 Å². The van der Waals surface area contributed by atoms with Gasteiger partial charge in [0.15, 0.2) is 9.84 Å². The van der Waals surface area contributed by atoms with Gasteiger partial charge in [-0.3, -0.25) is 0 Å². The number of hydrogen-bond donors (Lipinski definition) is 1. The van der Waals surface area contributed by atoms with Gasteiger partial charge in [-0.05, 0) is 35.0 Å². The number of benzene rings is 1. The van der Waals surface area contributed by atoms with Crippen LogP contribution in [0, 0.1) is 0 Å². The molecule has 1 N–H and O–H groups in total. The lowest BCUT2D eigenvalue weighted by molar-refractivity contribution is 0.534. The number of tetrazole rings is 1. The van der Waals surface area contributed by atoms with Crippen LogP contribution in [-0.4, -0.2) is 40.4 Å². The molecule has 0 aliphatic carbocycles. The van der Waals surface area contributed by atoms with Crippen molar-refractivity contribution in [1.82, 2.24) is 25.5 Å². The van der Waals surface area contributed by atoms with Gasteiger partial charge in [0.25, 0.3) is 0 Å². The zero-order valence-electron chi connectivity index (χ0n) is 11.4. The van der Waals surface area contributed by atoms with Gasteiger partial charge in [-0.1, -0.05) is 18.2 Å². The Balaban J connectivity index is 1.75. The number of nitrogens with one attached hydrogen (secondary N) is 1. The van der Waals surface area contributed by atoms with E-state index in [0.717, 1.165) is 11.3 Å².